The van der Waals surface area contributed by atoms with E-state index in [0.717, 1.165) is 30.6 Å². The van der Waals surface area contributed by atoms with Crippen LogP contribution in [0, 0.1) is 5.82 Å². The van der Waals surface area contributed by atoms with Crippen molar-refractivity contribution in [1.82, 2.24) is 24.1 Å². The Morgan fingerprint density at radius 2 is 2.07 bits per heavy atom. The molecule has 0 amide bonds. The van der Waals surface area contributed by atoms with E-state index < -0.39 is 0 Å². The summed E-state index contributed by atoms with van der Waals surface area (Å²) in [6.45, 7) is 0.897. The molecule has 1 saturated heterocycles. The normalized spacial score (nSPS) is 16.6. The van der Waals surface area contributed by atoms with Crippen molar-refractivity contribution in [3.05, 3.63) is 60.9 Å². The summed E-state index contributed by atoms with van der Waals surface area (Å²) < 4.78 is 16.7. The van der Waals surface area contributed by atoms with Crippen molar-refractivity contribution in [2.45, 2.75) is 18.9 Å². The van der Waals surface area contributed by atoms with Gasteiger partial charge >= 0.3 is 0 Å². The largest absolute Gasteiger partial charge is 0.394 e. The van der Waals surface area contributed by atoms with Crippen LogP contribution in [0.1, 0.15) is 12.8 Å². The highest BCUT2D eigenvalue weighted by Crippen LogP contribution is 2.26. The Morgan fingerprint density at radius 1 is 1.21 bits per heavy atom. The van der Waals surface area contributed by atoms with Gasteiger partial charge in [-0.1, -0.05) is 0 Å². The number of aliphatic hydroxyl groups is 1. The van der Waals surface area contributed by atoms with E-state index >= 15 is 0 Å². The third-order valence-corrected chi connectivity index (χ3v) is 5.18. The van der Waals surface area contributed by atoms with Gasteiger partial charge in [0, 0.05) is 18.4 Å². The van der Waals surface area contributed by atoms with Gasteiger partial charge < -0.3 is 19.9 Å². The first-order valence-electron chi connectivity index (χ1n) is 9.51. The minimum atomic E-state index is -0.278. The molecule has 0 radical (unpaired) electrons. The molecular weight excluding hydrogens is 373 g/mol. The van der Waals surface area contributed by atoms with E-state index in [-0.39, 0.29) is 18.5 Å². The monoisotopic (exact) mass is 393 g/mol. The number of benzene rings is 1. The minimum absolute atomic E-state index is 0.0357. The molecule has 29 heavy (non-hydrogen) atoms. The van der Waals surface area contributed by atoms with E-state index in [2.05, 4.69) is 15.4 Å². The van der Waals surface area contributed by atoms with Gasteiger partial charge in [0.2, 0.25) is 5.95 Å². The first-order valence-corrected chi connectivity index (χ1v) is 9.51. The van der Waals surface area contributed by atoms with Crippen LogP contribution in [-0.2, 0) is 0 Å². The molecule has 0 aliphatic carbocycles. The maximum absolute atomic E-state index is 13.2. The molecule has 1 aromatic carbocycles. The second-order valence-electron chi connectivity index (χ2n) is 7.04. The predicted octanol–water partition coefficient (Wildman–Crippen LogP) is 2.76. The lowest BCUT2D eigenvalue weighted by Gasteiger charge is -2.23. The van der Waals surface area contributed by atoms with Gasteiger partial charge in [0.1, 0.15) is 23.5 Å². The first-order chi connectivity index (χ1) is 14.2. The van der Waals surface area contributed by atoms with Crippen LogP contribution in [0.15, 0.2) is 55.1 Å². The van der Waals surface area contributed by atoms with Crippen molar-refractivity contribution in [2.75, 3.05) is 23.4 Å². The maximum Gasteiger partial charge on any atom is 0.245 e. The molecule has 1 atom stereocenters. The van der Waals surface area contributed by atoms with Crippen molar-refractivity contribution in [1.29, 1.82) is 0 Å². The molecule has 1 aliphatic rings. The Labute approximate surface area is 166 Å². The standard InChI is InChI=1S/C20H20FN7O/c21-14-5-7-15(8-6-14)26-11-18(22-13-26)23-19-17-4-2-10-28(17)25-20(24-19)27-9-1-3-16(27)12-29/h2,4-8,10-11,13,16,29H,1,3,9,12H2,(H,23,24,25). The molecule has 5 rings (SSSR count). The summed E-state index contributed by atoms with van der Waals surface area (Å²) in [6.07, 6.45) is 7.28. The van der Waals surface area contributed by atoms with Gasteiger partial charge in [0.25, 0.3) is 0 Å². The molecule has 2 N–H and O–H groups in total. The number of aromatic nitrogens is 5. The fraction of sp³-hybridized carbons (Fsp3) is 0.250. The van der Waals surface area contributed by atoms with E-state index in [9.17, 15) is 9.50 Å². The average molecular weight is 393 g/mol. The van der Waals surface area contributed by atoms with Crippen LogP contribution >= 0.6 is 0 Å². The zero-order valence-electron chi connectivity index (χ0n) is 15.6. The van der Waals surface area contributed by atoms with Crippen LogP contribution in [0.25, 0.3) is 11.2 Å². The van der Waals surface area contributed by atoms with E-state index in [4.69, 9.17) is 4.98 Å². The Bertz CT molecular complexity index is 1140. The molecule has 0 spiro atoms. The maximum atomic E-state index is 13.2. The van der Waals surface area contributed by atoms with Gasteiger partial charge in [0.05, 0.1) is 18.8 Å². The molecule has 4 heterocycles. The quantitative estimate of drug-likeness (QED) is 0.543. The third-order valence-electron chi connectivity index (χ3n) is 5.18. The van der Waals surface area contributed by atoms with E-state index in [1.54, 1.807) is 23.0 Å². The number of rotatable bonds is 5. The summed E-state index contributed by atoms with van der Waals surface area (Å²) in [7, 11) is 0. The highest BCUT2D eigenvalue weighted by Gasteiger charge is 2.27. The van der Waals surface area contributed by atoms with Crippen LogP contribution in [0.2, 0.25) is 0 Å². The van der Waals surface area contributed by atoms with E-state index in [1.165, 1.54) is 12.1 Å². The van der Waals surface area contributed by atoms with Crippen molar-refractivity contribution < 1.29 is 9.50 Å². The van der Waals surface area contributed by atoms with Crippen molar-refractivity contribution >= 4 is 23.1 Å². The predicted molar refractivity (Wildman–Crippen MR) is 107 cm³/mol. The summed E-state index contributed by atoms with van der Waals surface area (Å²) in [4.78, 5) is 11.2. The molecule has 8 nitrogen and oxygen atoms in total. The van der Waals surface area contributed by atoms with Crippen molar-refractivity contribution in [3.8, 4) is 5.69 Å². The number of nitrogens with one attached hydrogen (secondary N) is 1. The zero-order valence-corrected chi connectivity index (χ0v) is 15.6. The van der Waals surface area contributed by atoms with Gasteiger partial charge in [-0.2, -0.15) is 4.98 Å². The molecule has 148 valence electrons. The zero-order chi connectivity index (χ0) is 19.8. The average Bonchev–Trinajstić information content (AvgIpc) is 3.48. The number of halogens is 1. The molecule has 1 fully saturated rings. The highest BCUT2D eigenvalue weighted by atomic mass is 19.1. The molecular formula is C20H20FN7O. The first kappa shape index (κ1) is 17.6. The number of hydrogen-bond acceptors (Lipinski definition) is 6. The van der Waals surface area contributed by atoms with E-state index in [0.29, 0.717) is 17.6 Å². The summed E-state index contributed by atoms with van der Waals surface area (Å²) >= 11 is 0. The van der Waals surface area contributed by atoms with E-state index in [1.807, 2.05) is 34.0 Å². The lowest BCUT2D eigenvalue weighted by Crippen LogP contribution is -2.34. The van der Waals surface area contributed by atoms with Gasteiger partial charge in [0.15, 0.2) is 5.82 Å². The Kier molecular flexibility index (Phi) is 4.36. The Balaban J connectivity index is 1.47. The van der Waals surface area contributed by atoms with Crippen LogP contribution in [0.3, 0.4) is 0 Å². The van der Waals surface area contributed by atoms with Crippen molar-refractivity contribution in [2.24, 2.45) is 0 Å². The number of anilines is 3. The molecule has 0 bridgehead atoms. The number of fused-ring (bicyclic) bond motifs is 1. The van der Waals surface area contributed by atoms with Crippen molar-refractivity contribution in [3.63, 3.8) is 0 Å². The number of aliphatic hydroxyl groups excluding tert-OH is 1. The molecule has 3 aromatic heterocycles. The molecule has 4 aromatic rings. The summed E-state index contributed by atoms with van der Waals surface area (Å²) in [5.41, 5.74) is 1.64. The van der Waals surface area contributed by atoms with Crippen LogP contribution in [0.4, 0.5) is 22.0 Å². The Morgan fingerprint density at radius 3 is 2.90 bits per heavy atom. The second-order valence-corrected chi connectivity index (χ2v) is 7.04. The summed E-state index contributed by atoms with van der Waals surface area (Å²) in [5, 5.41) is 17.5. The smallest absolute Gasteiger partial charge is 0.245 e. The van der Waals surface area contributed by atoms with Gasteiger partial charge in [-0.15, -0.1) is 5.10 Å². The van der Waals surface area contributed by atoms with Gasteiger partial charge in [-0.3, -0.25) is 0 Å². The number of nitrogens with zero attached hydrogens (tertiary/aromatic N) is 6. The fourth-order valence-corrected chi connectivity index (χ4v) is 3.69. The van der Waals surface area contributed by atoms with Gasteiger partial charge in [-0.05, 0) is 49.2 Å². The Hall–Kier alpha value is -3.46. The SMILES string of the molecule is OCC1CCCN1c1nc(Nc2cn(-c3ccc(F)cc3)cn2)c2cccn2n1. The lowest BCUT2D eigenvalue weighted by atomic mass is 10.2. The fourth-order valence-electron chi connectivity index (χ4n) is 3.69. The summed E-state index contributed by atoms with van der Waals surface area (Å²) in [5.74, 6) is 1.54. The van der Waals surface area contributed by atoms with Gasteiger partial charge in [-0.25, -0.2) is 13.9 Å². The highest BCUT2D eigenvalue weighted by molar-refractivity contribution is 5.73. The summed E-state index contributed by atoms with van der Waals surface area (Å²) in [6, 6.07) is 10.1. The number of hydrogen-bond donors (Lipinski definition) is 2. The molecule has 1 unspecified atom stereocenters. The lowest BCUT2D eigenvalue weighted by molar-refractivity contribution is 0.265. The van der Waals surface area contributed by atoms with Crippen LogP contribution in [0.5, 0.6) is 0 Å². The molecule has 0 saturated carbocycles. The number of imidazole rings is 1. The topological polar surface area (TPSA) is 83.5 Å². The third kappa shape index (κ3) is 3.29. The second kappa shape index (κ2) is 7.17. The molecule has 9 heteroatoms. The molecule has 1 aliphatic heterocycles. The minimum Gasteiger partial charge on any atom is -0.394 e. The van der Waals surface area contributed by atoms with Crippen LogP contribution < -0.4 is 10.2 Å². The van der Waals surface area contributed by atoms with Crippen LogP contribution in [-0.4, -0.2) is 48.4 Å².